The van der Waals surface area contributed by atoms with E-state index >= 15 is 0 Å². The summed E-state index contributed by atoms with van der Waals surface area (Å²) in [6, 6.07) is 9.18. The Morgan fingerprint density at radius 1 is 1.37 bits per heavy atom. The lowest BCUT2D eigenvalue weighted by molar-refractivity contribution is 0.0577. The zero-order valence-corrected chi connectivity index (χ0v) is 11.8. The molecule has 4 nitrogen and oxygen atoms in total. The van der Waals surface area contributed by atoms with Crippen molar-refractivity contribution in [1.82, 2.24) is 0 Å². The smallest absolute Gasteiger partial charge is 0.235 e. The number of rotatable bonds is 3. The first-order valence-corrected chi connectivity index (χ1v) is 8.38. The lowest BCUT2D eigenvalue weighted by Crippen LogP contribution is -2.37. The monoisotopic (exact) mass is 299 g/mol. The molecule has 102 valence electrons. The number of benzene rings is 1. The van der Waals surface area contributed by atoms with Gasteiger partial charge in [-0.05, 0) is 30.5 Å². The zero-order chi connectivity index (χ0) is 13.9. The lowest BCUT2D eigenvalue weighted by Gasteiger charge is -2.29. The number of hydrogen-bond donors (Lipinski definition) is 0. The molecule has 0 saturated carbocycles. The maximum atomic E-state index is 11.6. The fourth-order valence-corrected chi connectivity index (χ4v) is 4.07. The molecule has 1 heterocycles. The maximum Gasteiger partial charge on any atom is 0.235 e. The normalized spacial score (nSPS) is 23.8. The highest BCUT2D eigenvalue weighted by molar-refractivity contribution is 8.14. The fourth-order valence-electron chi connectivity index (χ4n) is 2.36. The van der Waals surface area contributed by atoms with Gasteiger partial charge in [-0.1, -0.05) is 12.1 Å². The Balaban J connectivity index is 2.13. The molecule has 0 amide bonds. The van der Waals surface area contributed by atoms with E-state index in [2.05, 4.69) is 0 Å². The van der Waals surface area contributed by atoms with E-state index in [-0.39, 0.29) is 5.92 Å². The first-order valence-electron chi connectivity index (χ1n) is 6.01. The van der Waals surface area contributed by atoms with Crippen molar-refractivity contribution < 1.29 is 13.2 Å². The van der Waals surface area contributed by atoms with E-state index in [0.29, 0.717) is 31.6 Å². The number of nitrogens with zero attached hydrogens (tertiary/aromatic N) is 1. The molecule has 1 aliphatic heterocycles. The van der Waals surface area contributed by atoms with Crippen LogP contribution in [0.5, 0.6) is 0 Å². The van der Waals surface area contributed by atoms with Crippen LogP contribution in [0.1, 0.15) is 17.5 Å². The molecule has 2 rings (SSSR count). The van der Waals surface area contributed by atoms with Crippen molar-refractivity contribution in [2.24, 2.45) is 5.92 Å². The maximum absolute atomic E-state index is 11.6. The van der Waals surface area contributed by atoms with Gasteiger partial charge in [0.05, 0.1) is 23.5 Å². The van der Waals surface area contributed by atoms with Gasteiger partial charge in [-0.3, -0.25) is 0 Å². The molecule has 0 radical (unpaired) electrons. The second-order valence-corrected chi connectivity index (χ2v) is 7.50. The largest absolute Gasteiger partial charge is 0.381 e. The Morgan fingerprint density at radius 3 is 2.63 bits per heavy atom. The van der Waals surface area contributed by atoms with E-state index in [9.17, 15) is 8.42 Å². The summed E-state index contributed by atoms with van der Waals surface area (Å²) in [4.78, 5) is 0. The molecule has 2 atom stereocenters. The molecular weight excluding hydrogens is 286 g/mol. The second-order valence-electron chi connectivity index (χ2n) is 4.65. The van der Waals surface area contributed by atoms with Gasteiger partial charge in [0.25, 0.3) is 0 Å². The van der Waals surface area contributed by atoms with E-state index in [4.69, 9.17) is 20.7 Å². The summed E-state index contributed by atoms with van der Waals surface area (Å²) in [7, 11) is 1.93. The zero-order valence-electron chi connectivity index (χ0n) is 10.3. The van der Waals surface area contributed by atoms with E-state index in [1.54, 1.807) is 12.1 Å². The van der Waals surface area contributed by atoms with Crippen molar-refractivity contribution in [1.29, 1.82) is 5.26 Å². The summed E-state index contributed by atoms with van der Waals surface area (Å²) in [6.07, 6.45) is 1.02. The molecular formula is C13H14ClNO3S. The Labute approximate surface area is 117 Å². The number of ether oxygens (including phenoxy) is 1. The lowest BCUT2D eigenvalue weighted by atomic mass is 9.93. The molecule has 19 heavy (non-hydrogen) atoms. The third-order valence-corrected chi connectivity index (χ3v) is 5.38. The Kier molecular flexibility index (Phi) is 4.46. The second kappa shape index (κ2) is 5.91. The fraction of sp³-hybridized carbons (Fsp3) is 0.462. The van der Waals surface area contributed by atoms with Crippen LogP contribution in [0.4, 0.5) is 0 Å². The minimum Gasteiger partial charge on any atom is -0.381 e. The highest BCUT2D eigenvalue weighted by atomic mass is 35.7. The van der Waals surface area contributed by atoms with Crippen LogP contribution in [0.3, 0.4) is 0 Å². The Hall–Kier alpha value is -1.09. The molecule has 0 bridgehead atoms. The average molecular weight is 300 g/mol. The highest BCUT2D eigenvalue weighted by Gasteiger charge is 2.34. The third-order valence-electron chi connectivity index (χ3n) is 3.35. The van der Waals surface area contributed by atoms with Gasteiger partial charge < -0.3 is 4.74 Å². The summed E-state index contributed by atoms with van der Waals surface area (Å²) < 4.78 is 28.5. The quantitative estimate of drug-likeness (QED) is 0.801. The van der Waals surface area contributed by atoms with Gasteiger partial charge in [0.1, 0.15) is 0 Å². The third kappa shape index (κ3) is 3.69. The van der Waals surface area contributed by atoms with Crippen LogP contribution in [0, 0.1) is 17.2 Å². The molecule has 1 saturated heterocycles. The van der Waals surface area contributed by atoms with Gasteiger partial charge in [0, 0.05) is 23.2 Å². The van der Waals surface area contributed by atoms with E-state index in [0.717, 1.165) is 5.56 Å². The van der Waals surface area contributed by atoms with E-state index < -0.39 is 14.3 Å². The van der Waals surface area contributed by atoms with E-state index in [1.165, 1.54) is 0 Å². The molecule has 1 aromatic rings. The molecule has 0 spiro atoms. The van der Waals surface area contributed by atoms with Crippen molar-refractivity contribution in [3.63, 3.8) is 0 Å². The SMILES string of the molecule is N#Cc1ccc(C[C@@H]2COCC[C@@H]2S(=O)(=O)Cl)cc1. The average Bonchev–Trinajstić information content (AvgIpc) is 2.39. The van der Waals surface area contributed by atoms with E-state index in [1.807, 2.05) is 18.2 Å². The van der Waals surface area contributed by atoms with Crippen LogP contribution in [0.15, 0.2) is 24.3 Å². The highest BCUT2D eigenvalue weighted by Crippen LogP contribution is 2.27. The van der Waals surface area contributed by atoms with Crippen LogP contribution < -0.4 is 0 Å². The molecule has 6 heteroatoms. The molecule has 0 aromatic heterocycles. The minimum absolute atomic E-state index is 0.135. The van der Waals surface area contributed by atoms with Crippen molar-refractivity contribution >= 4 is 19.7 Å². The van der Waals surface area contributed by atoms with Crippen LogP contribution in [0.2, 0.25) is 0 Å². The summed E-state index contributed by atoms with van der Waals surface area (Å²) in [5.74, 6) is -0.135. The van der Waals surface area contributed by atoms with Crippen molar-refractivity contribution in [3.8, 4) is 6.07 Å². The van der Waals surface area contributed by atoms with Gasteiger partial charge in [0.15, 0.2) is 0 Å². The van der Waals surface area contributed by atoms with Gasteiger partial charge in [-0.2, -0.15) is 5.26 Å². The number of halogens is 1. The first-order chi connectivity index (χ1) is 9.00. The summed E-state index contributed by atoms with van der Waals surface area (Å²) in [5.41, 5.74) is 1.57. The number of nitriles is 1. The molecule has 1 aromatic carbocycles. The first kappa shape index (κ1) is 14.3. The van der Waals surface area contributed by atoms with Crippen LogP contribution in [-0.2, 0) is 20.2 Å². The topological polar surface area (TPSA) is 67.2 Å². The summed E-state index contributed by atoms with van der Waals surface area (Å²) in [6.45, 7) is 0.830. The van der Waals surface area contributed by atoms with Crippen molar-refractivity contribution in [2.75, 3.05) is 13.2 Å². The standard InChI is InChI=1S/C13H14ClNO3S/c14-19(16,17)13-5-6-18-9-12(13)7-10-1-3-11(8-15)4-2-10/h1-4,12-13H,5-7,9H2/t12-,13+/m1/s1. The Bertz CT molecular complexity index is 577. The minimum atomic E-state index is -3.57. The predicted octanol–water partition coefficient (Wildman–Crippen LogP) is 2.07. The van der Waals surface area contributed by atoms with Crippen molar-refractivity contribution in [2.45, 2.75) is 18.1 Å². The molecule has 0 unspecified atom stereocenters. The van der Waals surface area contributed by atoms with Gasteiger partial charge in [0.2, 0.25) is 9.05 Å². The molecule has 0 aliphatic carbocycles. The predicted molar refractivity (Wildman–Crippen MR) is 72.3 cm³/mol. The number of hydrogen-bond acceptors (Lipinski definition) is 4. The van der Waals surface area contributed by atoms with Gasteiger partial charge in [-0.15, -0.1) is 0 Å². The van der Waals surface area contributed by atoms with Crippen LogP contribution in [0.25, 0.3) is 0 Å². The molecule has 1 fully saturated rings. The summed E-state index contributed by atoms with van der Waals surface area (Å²) >= 11 is 0. The van der Waals surface area contributed by atoms with Crippen LogP contribution in [-0.4, -0.2) is 26.9 Å². The Morgan fingerprint density at radius 2 is 2.05 bits per heavy atom. The van der Waals surface area contributed by atoms with Crippen molar-refractivity contribution in [3.05, 3.63) is 35.4 Å². The van der Waals surface area contributed by atoms with Gasteiger partial charge in [-0.25, -0.2) is 8.42 Å². The molecule has 1 aliphatic rings. The molecule has 0 N–H and O–H groups in total. The van der Waals surface area contributed by atoms with Gasteiger partial charge >= 0.3 is 0 Å². The van der Waals surface area contributed by atoms with Crippen LogP contribution >= 0.6 is 10.7 Å². The summed E-state index contributed by atoms with van der Waals surface area (Å²) in [5, 5.41) is 8.17.